The molecule has 1 fully saturated rings. The molecule has 0 saturated heterocycles. The maximum absolute atomic E-state index is 6.26. The first-order valence-electron chi connectivity index (χ1n) is 7.84. The Labute approximate surface area is 135 Å². The zero-order chi connectivity index (χ0) is 15.4. The van der Waals surface area contributed by atoms with Gasteiger partial charge in [-0.25, -0.2) is 4.99 Å². The Morgan fingerprint density at radius 3 is 2.86 bits per heavy atom. The molecule has 120 valence electrons. The van der Waals surface area contributed by atoms with E-state index in [-0.39, 0.29) is 0 Å². The Kier molecular flexibility index (Phi) is 4.93. The molecule has 0 bridgehead atoms. The third-order valence-electron chi connectivity index (χ3n) is 4.09. The van der Waals surface area contributed by atoms with E-state index in [1.54, 1.807) is 0 Å². The average Bonchev–Trinajstić information content (AvgIpc) is 2.69. The topological polar surface area (TPSA) is 68.9 Å². The number of nitrogens with one attached hydrogen (secondary N) is 1. The zero-order valence-corrected chi connectivity index (χ0v) is 13.4. The molecule has 1 aliphatic heterocycles. The fraction of sp³-hybridized carbons (Fsp3) is 0.562. The lowest BCUT2D eigenvalue weighted by Gasteiger charge is -2.25. The van der Waals surface area contributed by atoms with Crippen molar-refractivity contribution in [2.24, 2.45) is 16.6 Å². The van der Waals surface area contributed by atoms with Gasteiger partial charge in [0.05, 0.1) is 24.8 Å². The van der Waals surface area contributed by atoms with Crippen molar-refractivity contribution in [1.29, 1.82) is 0 Å². The molecule has 0 amide bonds. The van der Waals surface area contributed by atoms with Crippen LogP contribution in [0.1, 0.15) is 31.2 Å². The third-order valence-corrected chi connectivity index (χ3v) is 4.37. The van der Waals surface area contributed by atoms with Crippen LogP contribution >= 0.6 is 11.6 Å². The van der Waals surface area contributed by atoms with Gasteiger partial charge in [0.1, 0.15) is 0 Å². The van der Waals surface area contributed by atoms with Gasteiger partial charge in [-0.2, -0.15) is 0 Å². The van der Waals surface area contributed by atoms with E-state index in [4.69, 9.17) is 26.8 Å². The number of fused-ring (bicyclic) bond motifs is 1. The number of benzene rings is 1. The van der Waals surface area contributed by atoms with Crippen LogP contribution in [0.5, 0.6) is 11.5 Å². The number of hydrogen-bond acceptors (Lipinski definition) is 3. The van der Waals surface area contributed by atoms with E-state index in [9.17, 15) is 0 Å². The van der Waals surface area contributed by atoms with Gasteiger partial charge in [0.25, 0.3) is 0 Å². The molecule has 1 aromatic carbocycles. The Hall–Kier alpha value is -1.62. The summed E-state index contributed by atoms with van der Waals surface area (Å²) in [5.74, 6) is 2.55. The van der Waals surface area contributed by atoms with Crippen molar-refractivity contribution >= 4 is 17.6 Å². The molecule has 3 N–H and O–H groups in total. The lowest BCUT2D eigenvalue weighted by atomic mass is 9.85. The summed E-state index contributed by atoms with van der Waals surface area (Å²) >= 11 is 6.26. The molecule has 1 aliphatic carbocycles. The Balaban J connectivity index is 1.61. The highest BCUT2D eigenvalue weighted by Crippen LogP contribution is 2.38. The first-order chi connectivity index (χ1) is 10.7. The molecule has 2 aliphatic rings. The number of ether oxygens (including phenoxy) is 2. The van der Waals surface area contributed by atoms with Gasteiger partial charge in [0, 0.05) is 13.0 Å². The van der Waals surface area contributed by atoms with E-state index in [1.807, 2.05) is 12.1 Å². The predicted octanol–water partition coefficient (Wildman–Crippen LogP) is 2.71. The third kappa shape index (κ3) is 3.77. The predicted molar refractivity (Wildman–Crippen MR) is 87.7 cm³/mol. The Bertz CT molecular complexity index is 559. The molecule has 0 aromatic heterocycles. The largest absolute Gasteiger partial charge is 0.489 e. The molecule has 22 heavy (non-hydrogen) atoms. The number of nitrogens with two attached hydrogens (primary N) is 1. The van der Waals surface area contributed by atoms with Gasteiger partial charge < -0.3 is 20.5 Å². The van der Waals surface area contributed by atoms with Crippen molar-refractivity contribution in [3.8, 4) is 11.5 Å². The lowest BCUT2D eigenvalue weighted by molar-refractivity contribution is 0.297. The molecule has 0 atom stereocenters. The van der Waals surface area contributed by atoms with E-state index in [0.717, 1.165) is 24.4 Å². The molecule has 6 heteroatoms. The Morgan fingerprint density at radius 1 is 1.27 bits per heavy atom. The second kappa shape index (κ2) is 7.09. The summed E-state index contributed by atoms with van der Waals surface area (Å²) in [4.78, 5) is 4.37. The number of halogens is 1. The van der Waals surface area contributed by atoms with Gasteiger partial charge in [-0.1, -0.05) is 18.0 Å². The van der Waals surface area contributed by atoms with Crippen LogP contribution < -0.4 is 20.5 Å². The molecular weight excluding hydrogens is 302 g/mol. The molecule has 1 saturated carbocycles. The molecule has 0 radical (unpaired) electrons. The maximum Gasteiger partial charge on any atom is 0.188 e. The van der Waals surface area contributed by atoms with Crippen molar-refractivity contribution in [3.63, 3.8) is 0 Å². The van der Waals surface area contributed by atoms with E-state index in [1.165, 1.54) is 19.3 Å². The number of aliphatic imine (C=N–C) groups is 1. The van der Waals surface area contributed by atoms with Gasteiger partial charge in [0.15, 0.2) is 17.5 Å². The summed E-state index contributed by atoms with van der Waals surface area (Å²) in [7, 11) is 0. The van der Waals surface area contributed by atoms with Crippen LogP contribution in [-0.2, 0) is 6.54 Å². The smallest absolute Gasteiger partial charge is 0.188 e. The number of nitrogens with zero attached hydrogens (tertiary/aromatic N) is 1. The van der Waals surface area contributed by atoms with Gasteiger partial charge in [0.2, 0.25) is 0 Å². The minimum absolute atomic E-state index is 0.472. The van der Waals surface area contributed by atoms with E-state index >= 15 is 0 Å². The number of guanidine groups is 1. The van der Waals surface area contributed by atoms with Gasteiger partial charge in [-0.05, 0) is 36.5 Å². The standard InChI is InChI=1S/C16H22ClN3O2/c17-13-7-12(8-14-15(13)22-6-2-5-21-14)10-20-16(18)19-9-11-3-1-4-11/h7-8,11H,1-6,9-10H2,(H3,18,19,20). The highest BCUT2D eigenvalue weighted by Gasteiger charge is 2.17. The first kappa shape index (κ1) is 15.3. The van der Waals surface area contributed by atoms with E-state index in [2.05, 4.69) is 10.3 Å². The van der Waals surface area contributed by atoms with Crippen molar-refractivity contribution in [2.75, 3.05) is 19.8 Å². The fourth-order valence-electron chi connectivity index (χ4n) is 2.55. The first-order valence-corrected chi connectivity index (χ1v) is 8.22. The highest BCUT2D eigenvalue weighted by molar-refractivity contribution is 6.32. The second-order valence-corrected chi connectivity index (χ2v) is 6.24. The minimum atomic E-state index is 0.472. The Morgan fingerprint density at radius 2 is 2.09 bits per heavy atom. The molecule has 0 spiro atoms. The summed E-state index contributed by atoms with van der Waals surface area (Å²) in [6.45, 7) is 2.65. The van der Waals surface area contributed by atoms with Gasteiger partial charge in [-0.3, -0.25) is 0 Å². The van der Waals surface area contributed by atoms with Crippen LogP contribution in [0, 0.1) is 5.92 Å². The molecule has 3 rings (SSSR count). The van der Waals surface area contributed by atoms with Crippen LogP contribution in [0.3, 0.4) is 0 Å². The average molecular weight is 324 g/mol. The molecule has 1 aromatic rings. The van der Waals surface area contributed by atoms with Crippen molar-refractivity contribution in [3.05, 3.63) is 22.7 Å². The van der Waals surface area contributed by atoms with E-state index < -0.39 is 0 Å². The summed E-state index contributed by atoms with van der Waals surface area (Å²) in [5.41, 5.74) is 6.86. The molecule has 0 unspecified atom stereocenters. The number of rotatable bonds is 4. The highest BCUT2D eigenvalue weighted by atomic mass is 35.5. The molecular formula is C16H22ClN3O2. The lowest BCUT2D eigenvalue weighted by Crippen LogP contribution is -2.37. The molecule has 1 heterocycles. The van der Waals surface area contributed by atoms with Crippen LogP contribution in [0.15, 0.2) is 17.1 Å². The monoisotopic (exact) mass is 323 g/mol. The SMILES string of the molecule is NC(=NCc1cc(Cl)c2c(c1)OCCCO2)NCC1CCC1. The minimum Gasteiger partial charge on any atom is -0.489 e. The van der Waals surface area contributed by atoms with Crippen molar-refractivity contribution < 1.29 is 9.47 Å². The summed E-state index contributed by atoms with van der Waals surface area (Å²) in [6, 6.07) is 3.78. The normalized spacial score (nSPS) is 18.5. The maximum atomic E-state index is 6.26. The van der Waals surface area contributed by atoms with Crippen LogP contribution in [0.25, 0.3) is 0 Å². The summed E-state index contributed by atoms with van der Waals surface area (Å²) < 4.78 is 11.3. The van der Waals surface area contributed by atoms with Gasteiger partial charge >= 0.3 is 0 Å². The number of hydrogen-bond donors (Lipinski definition) is 2. The summed E-state index contributed by atoms with van der Waals surface area (Å²) in [6.07, 6.45) is 4.77. The van der Waals surface area contributed by atoms with Crippen molar-refractivity contribution in [2.45, 2.75) is 32.2 Å². The zero-order valence-electron chi connectivity index (χ0n) is 12.6. The van der Waals surface area contributed by atoms with Gasteiger partial charge in [-0.15, -0.1) is 0 Å². The van der Waals surface area contributed by atoms with Crippen molar-refractivity contribution in [1.82, 2.24) is 5.32 Å². The van der Waals surface area contributed by atoms with Crippen LogP contribution in [0.4, 0.5) is 0 Å². The van der Waals surface area contributed by atoms with E-state index in [0.29, 0.717) is 42.2 Å². The summed E-state index contributed by atoms with van der Waals surface area (Å²) in [5, 5.41) is 3.74. The molecule has 5 nitrogen and oxygen atoms in total. The second-order valence-electron chi connectivity index (χ2n) is 5.83. The van der Waals surface area contributed by atoms with Crippen LogP contribution in [-0.4, -0.2) is 25.7 Å². The fourth-order valence-corrected chi connectivity index (χ4v) is 2.84. The quantitative estimate of drug-likeness (QED) is 0.660. The van der Waals surface area contributed by atoms with Crippen LogP contribution in [0.2, 0.25) is 5.02 Å².